The van der Waals surface area contributed by atoms with Gasteiger partial charge < -0.3 is 5.32 Å². The number of hydrogen-bond donors (Lipinski definition) is 2. The maximum absolute atomic E-state index is 13.3. The summed E-state index contributed by atoms with van der Waals surface area (Å²) in [4.78, 5) is 23.3. The number of nitro benzene ring substituents is 1. The molecule has 2 N–H and O–H groups in total. The first-order valence-corrected chi connectivity index (χ1v) is 13.1. The molecule has 0 atom stereocenters. The van der Waals surface area contributed by atoms with Crippen molar-refractivity contribution in [1.29, 1.82) is 0 Å². The summed E-state index contributed by atoms with van der Waals surface area (Å²) in [6.45, 7) is 0.0597. The Morgan fingerprint density at radius 1 is 0.784 bits per heavy atom. The normalized spacial score (nSPS) is 11.3. The van der Waals surface area contributed by atoms with Crippen molar-refractivity contribution in [2.75, 3.05) is 11.9 Å². The van der Waals surface area contributed by atoms with E-state index < -0.39 is 26.6 Å². The maximum Gasteiger partial charge on any atom is 0.289 e. The molecule has 0 saturated carbocycles. The van der Waals surface area contributed by atoms with Gasteiger partial charge in [0.2, 0.25) is 15.9 Å². The lowest BCUT2D eigenvalue weighted by Gasteiger charge is -2.18. The van der Waals surface area contributed by atoms with Gasteiger partial charge in [-0.25, -0.2) is 13.1 Å². The standard InChI is InChI=1S/C28H25N3O5S/c32-28(27(22-9-3-1-4-10-22)23-11-5-2-6-12-23)30-24-17-15-21(16-18-24)19-20-29-37(35,36)26-14-8-7-13-25(26)31(33)34/h1-18,27,29H,19-20H2,(H,30,32). The van der Waals surface area contributed by atoms with Gasteiger partial charge in [0, 0.05) is 18.3 Å². The summed E-state index contributed by atoms with van der Waals surface area (Å²) >= 11 is 0. The number of nitro groups is 1. The number of anilines is 1. The third kappa shape index (κ3) is 6.46. The highest BCUT2D eigenvalue weighted by molar-refractivity contribution is 7.89. The van der Waals surface area contributed by atoms with Gasteiger partial charge in [-0.2, -0.15) is 0 Å². The van der Waals surface area contributed by atoms with Crippen LogP contribution in [0, 0.1) is 10.1 Å². The molecule has 0 spiro atoms. The summed E-state index contributed by atoms with van der Waals surface area (Å²) in [5, 5.41) is 14.1. The van der Waals surface area contributed by atoms with Crippen molar-refractivity contribution in [2.24, 2.45) is 0 Å². The monoisotopic (exact) mass is 515 g/mol. The van der Waals surface area contributed by atoms with Crippen LogP contribution in [0.15, 0.2) is 114 Å². The van der Waals surface area contributed by atoms with Gasteiger partial charge in [-0.05, 0) is 41.3 Å². The Hall–Kier alpha value is -4.34. The maximum atomic E-state index is 13.3. The third-order valence-electron chi connectivity index (χ3n) is 5.81. The average Bonchev–Trinajstić information content (AvgIpc) is 2.91. The summed E-state index contributed by atoms with van der Waals surface area (Å²) in [6.07, 6.45) is 0.366. The van der Waals surface area contributed by atoms with Crippen LogP contribution in [-0.4, -0.2) is 25.8 Å². The molecule has 9 heteroatoms. The number of benzene rings is 4. The van der Waals surface area contributed by atoms with E-state index in [4.69, 9.17) is 0 Å². The molecule has 188 valence electrons. The van der Waals surface area contributed by atoms with Crippen LogP contribution in [0.2, 0.25) is 0 Å². The first-order valence-electron chi connectivity index (χ1n) is 11.6. The number of rotatable bonds is 10. The molecular formula is C28H25N3O5S. The fraction of sp³-hybridized carbons (Fsp3) is 0.107. The van der Waals surface area contributed by atoms with Gasteiger partial charge in [0.15, 0.2) is 4.90 Å². The Labute approximate surface area is 215 Å². The largest absolute Gasteiger partial charge is 0.325 e. The van der Waals surface area contributed by atoms with Gasteiger partial charge in [0.1, 0.15) is 0 Å². The lowest BCUT2D eigenvalue weighted by Crippen LogP contribution is -2.26. The first kappa shape index (κ1) is 25.7. The number of hydrogen-bond acceptors (Lipinski definition) is 5. The molecule has 8 nitrogen and oxygen atoms in total. The number of amides is 1. The average molecular weight is 516 g/mol. The first-order chi connectivity index (χ1) is 17.8. The van der Waals surface area contributed by atoms with Crippen molar-refractivity contribution in [2.45, 2.75) is 17.2 Å². The van der Waals surface area contributed by atoms with E-state index in [1.54, 1.807) is 24.3 Å². The van der Waals surface area contributed by atoms with Gasteiger partial charge in [-0.3, -0.25) is 14.9 Å². The zero-order chi connectivity index (χ0) is 26.3. The summed E-state index contributed by atoms with van der Waals surface area (Å²) < 4.78 is 27.5. The Bertz CT molecular complexity index is 1440. The Morgan fingerprint density at radius 3 is 1.89 bits per heavy atom. The van der Waals surface area contributed by atoms with Gasteiger partial charge in [0.25, 0.3) is 5.69 Å². The van der Waals surface area contributed by atoms with Crippen molar-refractivity contribution in [3.63, 3.8) is 0 Å². The molecule has 37 heavy (non-hydrogen) atoms. The lowest BCUT2D eigenvalue weighted by molar-refractivity contribution is -0.387. The summed E-state index contributed by atoms with van der Waals surface area (Å²) in [6, 6.07) is 31.4. The minimum Gasteiger partial charge on any atom is -0.325 e. The van der Waals surface area contributed by atoms with Crippen molar-refractivity contribution in [3.05, 3.63) is 136 Å². The van der Waals surface area contributed by atoms with E-state index in [0.29, 0.717) is 12.1 Å². The molecule has 0 bridgehead atoms. The van der Waals surface area contributed by atoms with E-state index in [-0.39, 0.29) is 17.3 Å². The van der Waals surface area contributed by atoms with Crippen LogP contribution in [0.4, 0.5) is 11.4 Å². The lowest BCUT2D eigenvalue weighted by atomic mass is 9.90. The number of nitrogens with zero attached hydrogens (tertiary/aromatic N) is 1. The van der Waals surface area contributed by atoms with E-state index in [2.05, 4.69) is 10.0 Å². The predicted molar refractivity (Wildman–Crippen MR) is 142 cm³/mol. The second kappa shape index (κ2) is 11.6. The zero-order valence-corrected chi connectivity index (χ0v) is 20.6. The minimum atomic E-state index is -4.04. The van der Waals surface area contributed by atoms with E-state index in [1.807, 2.05) is 60.7 Å². The molecule has 4 aromatic rings. The number of carbonyl (C=O) groups is 1. The zero-order valence-electron chi connectivity index (χ0n) is 19.8. The minimum absolute atomic E-state index is 0.0597. The van der Waals surface area contributed by atoms with Gasteiger partial charge in [0.05, 0.1) is 10.8 Å². The van der Waals surface area contributed by atoms with Crippen LogP contribution in [0.5, 0.6) is 0 Å². The molecule has 0 saturated heterocycles. The molecule has 0 fully saturated rings. The smallest absolute Gasteiger partial charge is 0.289 e. The molecule has 0 aliphatic rings. The fourth-order valence-electron chi connectivity index (χ4n) is 4.00. The van der Waals surface area contributed by atoms with Crippen LogP contribution in [0.25, 0.3) is 0 Å². The van der Waals surface area contributed by atoms with Crippen molar-refractivity contribution < 1.29 is 18.1 Å². The second-order valence-electron chi connectivity index (χ2n) is 8.31. The van der Waals surface area contributed by atoms with E-state index in [1.165, 1.54) is 18.2 Å². The topological polar surface area (TPSA) is 118 Å². The number of sulfonamides is 1. The van der Waals surface area contributed by atoms with Crippen LogP contribution in [0.1, 0.15) is 22.6 Å². The molecule has 0 aliphatic heterocycles. The molecule has 1 amide bonds. The highest BCUT2D eigenvalue weighted by atomic mass is 32.2. The highest BCUT2D eigenvalue weighted by Gasteiger charge is 2.25. The Morgan fingerprint density at radius 2 is 1.32 bits per heavy atom. The van der Waals surface area contributed by atoms with Crippen LogP contribution in [0.3, 0.4) is 0 Å². The van der Waals surface area contributed by atoms with Crippen molar-refractivity contribution >= 4 is 27.3 Å². The van der Waals surface area contributed by atoms with Crippen LogP contribution in [-0.2, 0) is 21.2 Å². The number of carbonyl (C=O) groups excluding carboxylic acids is 1. The summed E-state index contributed by atoms with van der Waals surface area (Å²) in [5.74, 6) is -0.638. The van der Waals surface area contributed by atoms with Crippen LogP contribution < -0.4 is 10.0 Å². The summed E-state index contributed by atoms with van der Waals surface area (Å²) in [7, 11) is -4.04. The van der Waals surface area contributed by atoms with Crippen molar-refractivity contribution in [1.82, 2.24) is 4.72 Å². The van der Waals surface area contributed by atoms with Gasteiger partial charge in [-0.15, -0.1) is 0 Å². The van der Waals surface area contributed by atoms with Gasteiger partial charge in [-0.1, -0.05) is 84.9 Å². The van der Waals surface area contributed by atoms with Gasteiger partial charge >= 0.3 is 0 Å². The molecule has 0 aromatic heterocycles. The molecule has 4 rings (SSSR count). The predicted octanol–water partition coefficient (Wildman–Crippen LogP) is 4.89. The number of para-hydroxylation sites is 1. The molecule has 0 unspecified atom stereocenters. The van der Waals surface area contributed by atoms with E-state index >= 15 is 0 Å². The second-order valence-corrected chi connectivity index (χ2v) is 10.0. The Balaban J connectivity index is 1.40. The SMILES string of the molecule is O=C(Nc1ccc(CCNS(=O)(=O)c2ccccc2[N+](=O)[O-])cc1)C(c1ccccc1)c1ccccc1. The molecule has 0 heterocycles. The summed E-state index contributed by atoms with van der Waals surface area (Å²) in [5.41, 5.74) is 2.75. The number of nitrogens with one attached hydrogen (secondary N) is 2. The van der Waals surface area contributed by atoms with E-state index in [9.17, 15) is 23.3 Å². The highest BCUT2D eigenvalue weighted by Crippen LogP contribution is 2.26. The quantitative estimate of drug-likeness (QED) is 0.230. The molecular weight excluding hydrogens is 490 g/mol. The Kier molecular flexibility index (Phi) is 8.07. The third-order valence-corrected chi connectivity index (χ3v) is 7.32. The molecule has 0 radical (unpaired) electrons. The van der Waals surface area contributed by atoms with Crippen molar-refractivity contribution in [3.8, 4) is 0 Å². The van der Waals surface area contributed by atoms with E-state index in [0.717, 1.165) is 22.8 Å². The van der Waals surface area contributed by atoms with Crippen LogP contribution >= 0.6 is 0 Å². The molecule has 4 aromatic carbocycles. The molecule has 0 aliphatic carbocycles. The fourth-order valence-corrected chi connectivity index (χ4v) is 5.20.